The van der Waals surface area contributed by atoms with E-state index < -0.39 is 11.5 Å². The van der Waals surface area contributed by atoms with Crippen molar-refractivity contribution >= 4 is 12.0 Å². The van der Waals surface area contributed by atoms with Gasteiger partial charge in [-0.15, -0.1) is 0 Å². The van der Waals surface area contributed by atoms with Crippen molar-refractivity contribution < 1.29 is 28.9 Å². The summed E-state index contributed by atoms with van der Waals surface area (Å²) in [6.45, 7) is 1.17. The maximum atomic E-state index is 13.9. The van der Waals surface area contributed by atoms with Crippen LogP contribution in [0.2, 0.25) is 0 Å². The molecule has 1 fully saturated rings. The maximum Gasteiger partial charge on any atom is 0.407 e. The summed E-state index contributed by atoms with van der Waals surface area (Å²) in [5.41, 5.74) is 2.21. The van der Waals surface area contributed by atoms with Crippen molar-refractivity contribution in [3.63, 3.8) is 0 Å². The van der Waals surface area contributed by atoms with E-state index in [-0.39, 0.29) is 24.6 Å². The fourth-order valence-electron chi connectivity index (χ4n) is 5.68. The zero-order valence-corrected chi connectivity index (χ0v) is 21.5. The van der Waals surface area contributed by atoms with E-state index in [1.54, 1.807) is 56.7 Å². The monoisotopic (exact) mass is 522 g/mol. The summed E-state index contributed by atoms with van der Waals surface area (Å²) >= 11 is 0. The van der Waals surface area contributed by atoms with Crippen LogP contribution >= 0.6 is 0 Å². The van der Waals surface area contributed by atoms with E-state index in [2.05, 4.69) is 9.97 Å². The van der Waals surface area contributed by atoms with Gasteiger partial charge in [0.1, 0.15) is 17.2 Å². The van der Waals surface area contributed by atoms with Crippen molar-refractivity contribution in [2.24, 2.45) is 0 Å². The van der Waals surface area contributed by atoms with Crippen LogP contribution in [0.1, 0.15) is 34.5 Å². The fraction of sp³-hybridized carbons (Fsp3) is 0.370. The van der Waals surface area contributed by atoms with Crippen LogP contribution in [0.15, 0.2) is 41.3 Å². The Hall–Kier alpha value is -4.41. The predicted octanol–water partition coefficient (Wildman–Crippen LogP) is 3.06. The number of rotatable bonds is 6. The minimum absolute atomic E-state index is 0.189. The van der Waals surface area contributed by atoms with E-state index in [0.29, 0.717) is 71.3 Å². The normalized spacial score (nSPS) is 18.9. The Morgan fingerprint density at radius 1 is 1.05 bits per heavy atom. The molecular weight excluding hydrogens is 492 g/mol. The Morgan fingerprint density at radius 3 is 2.42 bits per heavy atom. The second-order valence-corrected chi connectivity index (χ2v) is 9.67. The summed E-state index contributed by atoms with van der Waals surface area (Å²) in [5.74, 6) is 1.39. The van der Waals surface area contributed by atoms with Crippen LogP contribution in [0, 0.1) is 0 Å². The van der Waals surface area contributed by atoms with Crippen LogP contribution in [0.4, 0.5) is 4.79 Å². The van der Waals surface area contributed by atoms with E-state index in [1.807, 2.05) is 0 Å². The fourth-order valence-corrected chi connectivity index (χ4v) is 5.68. The van der Waals surface area contributed by atoms with Gasteiger partial charge in [-0.1, -0.05) is 0 Å². The largest absolute Gasteiger partial charge is 0.496 e. The van der Waals surface area contributed by atoms with Gasteiger partial charge in [-0.3, -0.25) is 9.59 Å². The minimum atomic E-state index is -0.992. The Kier molecular flexibility index (Phi) is 6.52. The molecule has 2 aliphatic rings. The third kappa shape index (κ3) is 4.33. The third-order valence-corrected chi connectivity index (χ3v) is 7.46. The van der Waals surface area contributed by atoms with E-state index in [9.17, 15) is 19.5 Å². The highest BCUT2D eigenvalue weighted by molar-refractivity contribution is 5.98. The lowest BCUT2D eigenvalue weighted by Crippen LogP contribution is -2.57. The van der Waals surface area contributed by atoms with Crippen molar-refractivity contribution in [3.05, 3.63) is 63.7 Å². The molecule has 0 saturated carbocycles. The Morgan fingerprint density at radius 2 is 1.79 bits per heavy atom. The van der Waals surface area contributed by atoms with E-state index in [0.717, 1.165) is 0 Å². The Balaban J connectivity index is 1.61. The zero-order valence-electron chi connectivity index (χ0n) is 21.5. The summed E-state index contributed by atoms with van der Waals surface area (Å²) in [6.07, 6.45) is 1.91. The molecular formula is C27H30N4O7. The van der Waals surface area contributed by atoms with Crippen molar-refractivity contribution in [1.29, 1.82) is 0 Å². The number of hydrogen-bond donors (Lipinski definition) is 3. The molecule has 2 amide bonds. The lowest BCUT2D eigenvalue weighted by molar-refractivity contribution is 0.0526. The quantitative estimate of drug-likeness (QED) is 0.452. The number of carbonyl (C=O) groups excluding carboxylic acids is 1. The van der Waals surface area contributed by atoms with Gasteiger partial charge in [0.05, 0.1) is 39.0 Å². The van der Waals surface area contributed by atoms with E-state index in [1.165, 1.54) is 11.0 Å². The topological polar surface area (TPSA) is 137 Å². The van der Waals surface area contributed by atoms with Crippen molar-refractivity contribution in [2.75, 3.05) is 41.0 Å². The lowest BCUT2D eigenvalue weighted by Gasteiger charge is -2.47. The van der Waals surface area contributed by atoms with Crippen molar-refractivity contribution in [3.8, 4) is 28.5 Å². The molecule has 38 heavy (non-hydrogen) atoms. The number of piperidine rings is 1. The number of ether oxygens (including phenoxy) is 3. The molecule has 200 valence electrons. The summed E-state index contributed by atoms with van der Waals surface area (Å²) in [6, 6.07) is 8.44. The molecule has 0 aliphatic carbocycles. The number of nitrogens with zero attached hydrogens (tertiary/aromatic N) is 2. The van der Waals surface area contributed by atoms with Crippen LogP contribution in [-0.2, 0) is 12.0 Å². The van der Waals surface area contributed by atoms with E-state index in [4.69, 9.17) is 14.2 Å². The first-order chi connectivity index (χ1) is 18.3. The van der Waals surface area contributed by atoms with Gasteiger partial charge in [0.15, 0.2) is 0 Å². The zero-order chi connectivity index (χ0) is 27.0. The van der Waals surface area contributed by atoms with E-state index >= 15 is 0 Å². The summed E-state index contributed by atoms with van der Waals surface area (Å²) in [5, 5.41) is 9.81. The highest BCUT2D eigenvalue weighted by Crippen LogP contribution is 2.43. The molecule has 0 bridgehead atoms. The average Bonchev–Trinajstić information content (AvgIpc) is 3.39. The van der Waals surface area contributed by atoms with Crippen LogP contribution in [0.3, 0.4) is 0 Å². The summed E-state index contributed by atoms with van der Waals surface area (Å²) < 4.78 is 16.6. The Labute approximate surface area is 218 Å². The molecule has 11 nitrogen and oxygen atoms in total. The molecule has 5 rings (SSSR count). The van der Waals surface area contributed by atoms with Gasteiger partial charge in [-0.25, -0.2) is 4.79 Å². The smallest absolute Gasteiger partial charge is 0.407 e. The number of aromatic amines is 2. The molecule has 3 aromatic rings. The molecule has 1 aromatic carbocycles. The van der Waals surface area contributed by atoms with Crippen LogP contribution in [-0.4, -0.2) is 77.8 Å². The number of carbonyl (C=O) groups is 2. The summed E-state index contributed by atoms with van der Waals surface area (Å²) in [7, 11) is 4.64. The van der Waals surface area contributed by atoms with Gasteiger partial charge in [0.2, 0.25) is 5.56 Å². The van der Waals surface area contributed by atoms with Gasteiger partial charge in [-0.2, -0.15) is 0 Å². The first-order valence-electron chi connectivity index (χ1n) is 12.3. The molecule has 1 spiro atoms. The number of hydrogen-bond acceptors (Lipinski definition) is 6. The number of pyridine rings is 1. The molecule has 2 aromatic heterocycles. The maximum absolute atomic E-state index is 13.9. The highest BCUT2D eigenvalue weighted by atomic mass is 16.5. The third-order valence-electron chi connectivity index (χ3n) is 7.46. The molecule has 1 unspecified atom stereocenters. The number of aromatic nitrogens is 2. The Bertz CT molecular complexity index is 1420. The SMILES string of the molecule is COc1cc(OC)c(CN2CC3(CCCN(C(=O)O)C3)c3[nH]c(-c4cc[nH]c(=O)c4)cc3C2=O)c(OC)c1. The molecule has 2 aliphatic heterocycles. The summed E-state index contributed by atoms with van der Waals surface area (Å²) in [4.78, 5) is 46.9. The second kappa shape index (κ2) is 9.81. The van der Waals surface area contributed by atoms with Crippen molar-refractivity contribution in [1.82, 2.24) is 19.8 Å². The number of amides is 2. The van der Waals surface area contributed by atoms with Crippen molar-refractivity contribution in [2.45, 2.75) is 24.8 Å². The highest BCUT2D eigenvalue weighted by Gasteiger charge is 2.48. The van der Waals surface area contributed by atoms with Crippen LogP contribution in [0.5, 0.6) is 17.2 Å². The first kappa shape index (κ1) is 25.2. The predicted molar refractivity (Wildman–Crippen MR) is 138 cm³/mol. The molecule has 1 saturated heterocycles. The number of benzene rings is 1. The number of H-pyrrole nitrogens is 2. The first-order valence-corrected chi connectivity index (χ1v) is 12.3. The second-order valence-electron chi connectivity index (χ2n) is 9.67. The molecule has 3 N–H and O–H groups in total. The average molecular weight is 523 g/mol. The standard InChI is InChI=1S/C27H30N4O7/c1-36-17-10-21(37-2)19(22(11-17)38-3)13-31-15-27(6-4-8-30(14-27)26(34)35)24-18(25(31)33)12-20(29-24)16-5-7-28-23(32)9-16/h5,7,9-12,29H,4,6,8,13-15H2,1-3H3,(H,28,32)(H,34,35). The van der Waals surface area contributed by atoms with Gasteiger partial charge in [-0.05, 0) is 25.0 Å². The van der Waals surface area contributed by atoms with Crippen LogP contribution in [0.25, 0.3) is 11.3 Å². The van der Waals surface area contributed by atoms with Gasteiger partial charge in [0.25, 0.3) is 5.91 Å². The molecule has 0 radical (unpaired) electrons. The number of methoxy groups -OCH3 is 3. The number of likely N-dealkylation sites (tertiary alicyclic amines) is 1. The minimum Gasteiger partial charge on any atom is -0.496 e. The molecule has 4 heterocycles. The number of fused-ring (bicyclic) bond motifs is 2. The van der Waals surface area contributed by atoms with Gasteiger partial charge in [0, 0.05) is 66.4 Å². The van der Waals surface area contributed by atoms with Gasteiger partial charge >= 0.3 is 6.09 Å². The van der Waals surface area contributed by atoms with Gasteiger partial charge < -0.3 is 39.1 Å². The molecule has 1 atom stereocenters. The number of nitrogens with one attached hydrogen (secondary N) is 2. The number of carboxylic acid groups (broad SMARTS) is 1. The van der Waals surface area contributed by atoms with Crippen LogP contribution < -0.4 is 19.8 Å². The lowest BCUT2D eigenvalue weighted by atomic mass is 9.73. The molecule has 11 heteroatoms.